The maximum absolute atomic E-state index is 13.5. The van der Waals surface area contributed by atoms with Gasteiger partial charge in [-0.05, 0) is 24.3 Å². The van der Waals surface area contributed by atoms with Crippen LogP contribution in [0.25, 0.3) is 0 Å². The van der Waals surface area contributed by atoms with E-state index < -0.39 is 0 Å². The number of thioether (sulfide) groups is 1. The number of aromatic nitrogens is 1. The highest BCUT2D eigenvalue weighted by atomic mass is 32.2. The van der Waals surface area contributed by atoms with Gasteiger partial charge in [0.1, 0.15) is 11.6 Å². The van der Waals surface area contributed by atoms with E-state index in [9.17, 15) is 9.18 Å². The van der Waals surface area contributed by atoms with Crippen molar-refractivity contribution in [2.75, 3.05) is 42.3 Å². The zero-order valence-corrected chi connectivity index (χ0v) is 14.6. The highest BCUT2D eigenvalue weighted by Crippen LogP contribution is 2.22. The average molecular weight is 361 g/mol. The molecule has 1 aromatic carbocycles. The van der Waals surface area contributed by atoms with E-state index in [-0.39, 0.29) is 11.7 Å². The Labute approximate surface area is 150 Å². The summed E-state index contributed by atoms with van der Waals surface area (Å²) in [6.45, 7) is 3.14. The zero-order chi connectivity index (χ0) is 17.5. The highest BCUT2D eigenvalue weighted by Gasteiger charge is 2.12. The first-order valence-corrected chi connectivity index (χ1v) is 9.17. The molecule has 1 N–H and O–H groups in total. The second kappa shape index (κ2) is 8.82. The Morgan fingerprint density at radius 3 is 2.76 bits per heavy atom. The lowest BCUT2D eigenvalue weighted by molar-refractivity contribution is -0.115. The average Bonchev–Trinajstić information content (AvgIpc) is 2.65. The van der Waals surface area contributed by atoms with Crippen molar-refractivity contribution < 1.29 is 13.9 Å². The predicted octanol–water partition coefficient (Wildman–Crippen LogP) is 3.18. The van der Waals surface area contributed by atoms with Crippen molar-refractivity contribution in [3.05, 3.63) is 48.4 Å². The fraction of sp³-hybridized carbons (Fsp3) is 0.333. The normalized spacial score (nSPS) is 14.4. The predicted molar refractivity (Wildman–Crippen MR) is 97.6 cm³/mol. The summed E-state index contributed by atoms with van der Waals surface area (Å²) in [5.41, 5.74) is 1.02. The molecule has 0 unspecified atom stereocenters. The number of carbonyl (C=O) groups is 1. The van der Waals surface area contributed by atoms with Gasteiger partial charge in [0.15, 0.2) is 0 Å². The molecule has 0 bridgehead atoms. The van der Waals surface area contributed by atoms with Crippen molar-refractivity contribution in [1.82, 2.24) is 4.98 Å². The number of ether oxygens (including phenoxy) is 1. The fourth-order valence-electron chi connectivity index (χ4n) is 2.49. The number of benzene rings is 1. The minimum atomic E-state index is -0.256. The lowest BCUT2D eigenvalue weighted by Crippen LogP contribution is -2.36. The molecule has 7 heteroatoms. The van der Waals surface area contributed by atoms with Gasteiger partial charge in [0.2, 0.25) is 5.91 Å². The topological polar surface area (TPSA) is 54.5 Å². The lowest BCUT2D eigenvalue weighted by Gasteiger charge is -2.28. The number of rotatable bonds is 6. The summed E-state index contributed by atoms with van der Waals surface area (Å²) in [5, 5.41) is 2.77. The van der Waals surface area contributed by atoms with E-state index >= 15 is 0 Å². The Bertz CT molecular complexity index is 706. The van der Waals surface area contributed by atoms with Gasteiger partial charge in [0.05, 0.1) is 25.1 Å². The molecule has 1 saturated heterocycles. The second-order valence-corrected chi connectivity index (χ2v) is 6.71. The molecule has 0 aliphatic carbocycles. The first-order valence-electron chi connectivity index (χ1n) is 8.18. The van der Waals surface area contributed by atoms with Crippen LogP contribution in [0.2, 0.25) is 0 Å². The van der Waals surface area contributed by atoms with Crippen LogP contribution in [0.5, 0.6) is 0 Å². The van der Waals surface area contributed by atoms with Gasteiger partial charge in [-0.3, -0.25) is 4.79 Å². The lowest BCUT2D eigenvalue weighted by atomic mass is 10.3. The van der Waals surface area contributed by atoms with Gasteiger partial charge in [-0.25, -0.2) is 9.37 Å². The first kappa shape index (κ1) is 17.7. The van der Waals surface area contributed by atoms with E-state index in [1.165, 1.54) is 17.8 Å². The second-order valence-electron chi connectivity index (χ2n) is 5.58. The molecular weight excluding hydrogens is 341 g/mol. The zero-order valence-electron chi connectivity index (χ0n) is 13.8. The van der Waals surface area contributed by atoms with E-state index in [4.69, 9.17) is 4.74 Å². The maximum Gasteiger partial charge on any atom is 0.226 e. The van der Waals surface area contributed by atoms with Gasteiger partial charge in [-0.15, -0.1) is 11.8 Å². The third-order valence-corrected chi connectivity index (χ3v) is 4.87. The number of nitrogens with zero attached hydrogens (tertiary/aromatic N) is 2. The molecule has 0 spiro atoms. The van der Waals surface area contributed by atoms with E-state index in [2.05, 4.69) is 15.2 Å². The number of carbonyl (C=O) groups excluding carboxylic acids is 1. The molecule has 2 aromatic rings. The van der Waals surface area contributed by atoms with E-state index in [0.717, 1.165) is 32.0 Å². The minimum Gasteiger partial charge on any atom is -0.378 e. The largest absolute Gasteiger partial charge is 0.378 e. The fourth-order valence-corrected chi connectivity index (χ4v) is 3.38. The number of morpholine rings is 1. The molecule has 5 nitrogen and oxygen atoms in total. The van der Waals surface area contributed by atoms with Gasteiger partial charge in [0, 0.05) is 30.2 Å². The van der Waals surface area contributed by atoms with Crippen molar-refractivity contribution in [1.29, 1.82) is 0 Å². The smallest absolute Gasteiger partial charge is 0.226 e. The molecule has 0 saturated carbocycles. The number of pyridine rings is 1. The molecule has 1 aromatic heterocycles. The quantitative estimate of drug-likeness (QED) is 0.801. The summed E-state index contributed by atoms with van der Waals surface area (Å²) in [7, 11) is 0. The van der Waals surface area contributed by atoms with Crippen LogP contribution in [0, 0.1) is 5.82 Å². The van der Waals surface area contributed by atoms with Gasteiger partial charge in [-0.1, -0.05) is 12.1 Å². The Balaban J connectivity index is 1.45. The van der Waals surface area contributed by atoms with Crippen molar-refractivity contribution in [2.45, 2.75) is 11.3 Å². The Hall–Kier alpha value is -2.12. The summed E-state index contributed by atoms with van der Waals surface area (Å²) < 4.78 is 18.8. The molecule has 2 heterocycles. The van der Waals surface area contributed by atoms with Crippen molar-refractivity contribution >= 4 is 29.2 Å². The third kappa shape index (κ3) is 5.17. The van der Waals surface area contributed by atoms with Crippen LogP contribution in [-0.4, -0.2) is 42.9 Å². The van der Waals surface area contributed by atoms with Crippen LogP contribution < -0.4 is 10.2 Å². The number of halogens is 1. The maximum atomic E-state index is 13.5. The molecule has 0 radical (unpaired) electrons. The van der Waals surface area contributed by atoms with Crippen molar-refractivity contribution in [3.63, 3.8) is 0 Å². The molecular formula is C18H20FN3O2S. The SMILES string of the molecule is O=C(CCSc1ccccc1F)Nc1ccc(N2CCOCC2)cn1. The van der Waals surface area contributed by atoms with Crippen LogP contribution in [-0.2, 0) is 9.53 Å². The van der Waals surface area contributed by atoms with Crippen LogP contribution in [0.3, 0.4) is 0 Å². The molecule has 1 aliphatic rings. The van der Waals surface area contributed by atoms with Crippen LogP contribution in [0.1, 0.15) is 6.42 Å². The van der Waals surface area contributed by atoms with Gasteiger partial charge >= 0.3 is 0 Å². The number of nitrogens with one attached hydrogen (secondary N) is 1. The van der Waals surface area contributed by atoms with E-state index in [1.807, 2.05) is 6.07 Å². The molecule has 3 rings (SSSR count). The van der Waals surface area contributed by atoms with E-state index in [0.29, 0.717) is 22.9 Å². The standard InChI is InChI=1S/C18H20FN3O2S/c19-15-3-1-2-4-16(15)25-12-7-18(23)21-17-6-5-14(13-20-17)22-8-10-24-11-9-22/h1-6,13H,7-12H2,(H,20,21,23). The van der Waals surface area contributed by atoms with Crippen LogP contribution in [0.4, 0.5) is 15.9 Å². The summed E-state index contributed by atoms with van der Waals surface area (Å²) in [4.78, 5) is 19.0. The van der Waals surface area contributed by atoms with Crippen molar-refractivity contribution in [3.8, 4) is 0 Å². The number of amides is 1. The van der Waals surface area contributed by atoms with Crippen LogP contribution in [0.15, 0.2) is 47.5 Å². The number of hydrogen-bond donors (Lipinski definition) is 1. The minimum absolute atomic E-state index is 0.129. The van der Waals surface area contributed by atoms with Gasteiger partial charge < -0.3 is 15.0 Å². The monoisotopic (exact) mass is 361 g/mol. The van der Waals surface area contributed by atoms with Gasteiger partial charge in [0.25, 0.3) is 0 Å². The number of hydrogen-bond acceptors (Lipinski definition) is 5. The third-order valence-electron chi connectivity index (χ3n) is 3.81. The molecule has 1 amide bonds. The van der Waals surface area contributed by atoms with Crippen LogP contribution >= 0.6 is 11.8 Å². The first-order chi connectivity index (χ1) is 12.2. The summed E-state index contributed by atoms with van der Waals surface area (Å²) in [6.07, 6.45) is 2.06. The van der Waals surface area contributed by atoms with Crippen molar-refractivity contribution in [2.24, 2.45) is 0 Å². The molecule has 132 valence electrons. The van der Waals surface area contributed by atoms with E-state index in [1.54, 1.807) is 30.5 Å². The Morgan fingerprint density at radius 1 is 1.24 bits per heavy atom. The number of anilines is 2. The Morgan fingerprint density at radius 2 is 2.04 bits per heavy atom. The molecule has 1 aliphatic heterocycles. The molecule has 1 fully saturated rings. The molecule has 0 atom stereocenters. The summed E-state index contributed by atoms with van der Waals surface area (Å²) in [5.74, 6) is 0.653. The van der Waals surface area contributed by atoms with Gasteiger partial charge in [-0.2, -0.15) is 0 Å². The highest BCUT2D eigenvalue weighted by molar-refractivity contribution is 7.99. The Kier molecular flexibility index (Phi) is 6.25. The summed E-state index contributed by atoms with van der Waals surface area (Å²) >= 11 is 1.33. The summed E-state index contributed by atoms with van der Waals surface area (Å²) in [6, 6.07) is 10.3. The molecule has 25 heavy (non-hydrogen) atoms.